The van der Waals surface area contributed by atoms with E-state index in [1.807, 2.05) is 24.3 Å². The molecule has 0 saturated carbocycles. The first-order chi connectivity index (χ1) is 14.5. The van der Waals surface area contributed by atoms with Crippen molar-refractivity contribution in [2.45, 2.75) is 12.5 Å². The zero-order valence-electron chi connectivity index (χ0n) is 16.4. The molecule has 1 atom stereocenters. The number of ketones is 1. The van der Waals surface area contributed by atoms with E-state index >= 15 is 0 Å². The first kappa shape index (κ1) is 20.2. The Morgan fingerprint density at radius 1 is 1.20 bits per heavy atom. The molecule has 2 heterocycles. The van der Waals surface area contributed by atoms with Crippen LogP contribution in [0.2, 0.25) is 5.02 Å². The number of aromatic nitrogens is 1. The molecule has 1 aliphatic rings. The summed E-state index contributed by atoms with van der Waals surface area (Å²) < 4.78 is 5.11. The Labute approximate surface area is 178 Å². The minimum Gasteiger partial charge on any atom is -0.507 e. The SMILES string of the molecule is COCCCN1C(=O)C(=O)/C(=C(/O)c2cccc(Cl)c2)C1c1c[nH]c2ccccc12. The minimum atomic E-state index is -0.711. The zero-order chi connectivity index (χ0) is 21.3. The molecule has 1 aromatic heterocycles. The quantitative estimate of drug-likeness (QED) is 0.268. The number of Topliss-reactive ketones (excluding diaryl/α,β-unsaturated/α-hetero) is 1. The zero-order valence-corrected chi connectivity index (χ0v) is 17.1. The average molecular weight is 425 g/mol. The number of aromatic amines is 1. The lowest BCUT2D eigenvalue weighted by Crippen LogP contribution is -2.31. The third kappa shape index (κ3) is 3.49. The summed E-state index contributed by atoms with van der Waals surface area (Å²) in [5, 5.41) is 12.4. The van der Waals surface area contributed by atoms with Crippen molar-refractivity contribution in [3.63, 3.8) is 0 Å². The number of aliphatic hydroxyl groups excluding tert-OH is 1. The van der Waals surface area contributed by atoms with Gasteiger partial charge in [0.1, 0.15) is 5.76 Å². The Bertz CT molecular complexity index is 1150. The number of benzene rings is 2. The van der Waals surface area contributed by atoms with Gasteiger partial charge in [0, 0.05) is 53.5 Å². The van der Waals surface area contributed by atoms with E-state index in [0.717, 1.165) is 16.5 Å². The molecule has 4 rings (SSSR count). The molecular formula is C23H21ClN2O4. The van der Waals surface area contributed by atoms with Crippen LogP contribution in [0.25, 0.3) is 16.7 Å². The smallest absolute Gasteiger partial charge is 0.295 e. The standard InChI is InChI=1S/C23H21ClN2O4/c1-30-11-5-10-26-20(17-13-25-18-9-3-2-8-16(17)18)19(22(28)23(26)29)21(27)14-6-4-7-15(24)12-14/h2-4,6-9,12-13,20,25,27H,5,10-11H2,1H3/b21-19+. The number of hydrogen-bond donors (Lipinski definition) is 2. The number of carbonyl (C=O) groups excluding carboxylic acids is 2. The van der Waals surface area contributed by atoms with Crippen LogP contribution in [0.15, 0.2) is 60.3 Å². The van der Waals surface area contributed by atoms with Gasteiger partial charge in [-0.1, -0.05) is 41.9 Å². The van der Waals surface area contributed by atoms with Crippen molar-refractivity contribution in [2.24, 2.45) is 0 Å². The van der Waals surface area contributed by atoms with Crippen molar-refractivity contribution < 1.29 is 19.4 Å². The van der Waals surface area contributed by atoms with E-state index < -0.39 is 17.7 Å². The lowest BCUT2D eigenvalue weighted by atomic mass is 9.95. The number of ether oxygens (including phenoxy) is 1. The fraction of sp³-hybridized carbons (Fsp3) is 0.217. The number of hydrogen-bond acceptors (Lipinski definition) is 4. The minimum absolute atomic E-state index is 0.0597. The van der Waals surface area contributed by atoms with Gasteiger partial charge < -0.3 is 19.7 Å². The second kappa shape index (κ2) is 8.34. The molecule has 30 heavy (non-hydrogen) atoms. The molecule has 1 aliphatic heterocycles. The Morgan fingerprint density at radius 3 is 2.77 bits per heavy atom. The number of nitrogens with zero attached hydrogens (tertiary/aromatic N) is 1. The van der Waals surface area contributed by atoms with Gasteiger partial charge in [0.05, 0.1) is 11.6 Å². The first-order valence-electron chi connectivity index (χ1n) is 9.62. The van der Waals surface area contributed by atoms with E-state index in [1.165, 1.54) is 4.90 Å². The van der Waals surface area contributed by atoms with Crippen molar-refractivity contribution in [2.75, 3.05) is 20.3 Å². The van der Waals surface area contributed by atoms with Gasteiger partial charge in [-0.2, -0.15) is 0 Å². The van der Waals surface area contributed by atoms with Crippen LogP contribution in [0.3, 0.4) is 0 Å². The topological polar surface area (TPSA) is 82.6 Å². The summed E-state index contributed by atoms with van der Waals surface area (Å²) in [7, 11) is 1.59. The molecule has 1 fully saturated rings. The second-order valence-corrected chi connectivity index (χ2v) is 7.58. The fourth-order valence-electron chi connectivity index (χ4n) is 3.92. The average Bonchev–Trinajstić information content (AvgIpc) is 3.27. The molecule has 2 aromatic carbocycles. The van der Waals surface area contributed by atoms with Gasteiger partial charge in [-0.3, -0.25) is 9.59 Å². The molecule has 0 spiro atoms. The van der Waals surface area contributed by atoms with Crippen LogP contribution in [-0.2, 0) is 14.3 Å². The van der Waals surface area contributed by atoms with Crippen LogP contribution in [0, 0.1) is 0 Å². The van der Waals surface area contributed by atoms with Crippen molar-refractivity contribution in [3.8, 4) is 0 Å². The van der Waals surface area contributed by atoms with Gasteiger partial charge >= 0.3 is 0 Å². The second-order valence-electron chi connectivity index (χ2n) is 7.14. The van der Waals surface area contributed by atoms with E-state index in [9.17, 15) is 14.7 Å². The van der Waals surface area contributed by atoms with Crippen molar-refractivity contribution in [1.29, 1.82) is 0 Å². The summed E-state index contributed by atoms with van der Waals surface area (Å²) in [6.45, 7) is 0.785. The predicted octanol–water partition coefficient (Wildman–Crippen LogP) is 4.28. The number of halogens is 1. The van der Waals surface area contributed by atoms with Crippen molar-refractivity contribution in [1.82, 2.24) is 9.88 Å². The Kier molecular flexibility index (Phi) is 5.61. The lowest BCUT2D eigenvalue weighted by molar-refractivity contribution is -0.140. The van der Waals surface area contributed by atoms with Crippen LogP contribution < -0.4 is 0 Å². The number of H-pyrrole nitrogens is 1. The summed E-state index contributed by atoms with van der Waals surface area (Å²) in [6.07, 6.45) is 2.36. The van der Waals surface area contributed by atoms with Gasteiger partial charge in [0.25, 0.3) is 11.7 Å². The predicted molar refractivity (Wildman–Crippen MR) is 115 cm³/mol. The third-order valence-electron chi connectivity index (χ3n) is 5.30. The highest BCUT2D eigenvalue weighted by atomic mass is 35.5. The number of amides is 1. The highest BCUT2D eigenvalue weighted by Gasteiger charge is 2.46. The monoisotopic (exact) mass is 424 g/mol. The molecular weight excluding hydrogens is 404 g/mol. The molecule has 0 bridgehead atoms. The number of aliphatic hydroxyl groups is 1. The van der Waals surface area contributed by atoms with Gasteiger partial charge in [-0.25, -0.2) is 0 Å². The molecule has 2 N–H and O–H groups in total. The number of methoxy groups -OCH3 is 1. The molecule has 0 radical (unpaired) electrons. The molecule has 6 nitrogen and oxygen atoms in total. The third-order valence-corrected chi connectivity index (χ3v) is 5.54. The molecule has 7 heteroatoms. The van der Waals surface area contributed by atoms with E-state index in [1.54, 1.807) is 37.6 Å². The molecule has 154 valence electrons. The summed E-state index contributed by atoms with van der Waals surface area (Å²) >= 11 is 6.07. The summed E-state index contributed by atoms with van der Waals surface area (Å²) in [6, 6.07) is 13.5. The van der Waals surface area contributed by atoms with Crippen LogP contribution in [0.5, 0.6) is 0 Å². The Morgan fingerprint density at radius 2 is 2.00 bits per heavy atom. The van der Waals surface area contributed by atoms with E-state index in [0.29, 0.717) is 30.2 Å². The number of carbonyl (C=O) groups is 2. The highest BCUT2D eigenvalue weighted by molar-refractivity contribution is 6.46. The van der Waals surface area contributed by atoms with Crippen molar-refractivity contribution in [3.05, 3.63) is 76.5 Å². The normalized spacial score (nSPS) is 18.5. The lowest BCUT2D eigenvalue weighted by Gasteiger charge is -2.24. The van der Waals surface area contributed by atoms with Crippen LogP contribution in [0.1, 0.15) is 23.6 Å². The summed E-state index contributed by atoms with van der Waals surface area (Å²) in [4.78, 5) is 30.6. The molecule has 1 saturated heterocycles. The van der Waals surface area contributed by atoms with E-state index in [2.05, 4.69) is 4.98 Å². The van der Waals surface area contributed by atoms with Gasteiger partial charge in [-0.05, 0) is 24.6 Å². The molecule has 0 aliphatic carbocycles. The van der Waals surface area contributed by atoms with E-state index in [-0.39, 0.29) is 11.3 Å². The largest absolute Gasteiger partial charge is 0.507 e. The maximum absolute atomic E-state index is 13.0. The molecule has 1 unspecified atom stereocenters. The number of likely N-dealkylation sites (tertiary alicyclic amines) is 1. The van der Waals surface area contributed by atoms with Crippen LogP contribution >= 0.6 is 11.6 Å². The summed E-state index contributed by atoms with van der Waals surface area (Å²) in [5.41, 5.74) is 2.09. The van der Waals surface area contributed by atoms with E-state index in [4.69, 9.17) is 16.3 Å². The maximum Gasteiger partial charge on any atom is 0.295 e. The number of rotatable bonds is 6. The maximum atomic E-state index is 13.0. The van der Waals surface area contributed by atoms with Crippen LogP contribution in [-0.4, -0.2) is 46.9 Å². The summed E-state index contributed by atoms with van der Waals surface area (Å²) in [5.74, 6) is -1.58. The molecule has 3 aromatic rings. The highest BCUT2D eigenvalue weighted by Crippen LogP contribution is 2.42. The number of para-hydroxylation sites is 1. The number of nitrogens with one attached hydrogen (secondary N) is 1. The van der Waals surface area contributed by atoms with Gasteiger partial charge in [-0.15, -0.1) is 0 Å². The Balaban J connectivity index is 1.89. The van der Waals surface area contributed by atoms with Crippen LogP contribution in [0.4, 0.5) is 0 Å². The van der Waals surface area contributed by atoms with Gasteiger partial charge in [0.15, 0.2) is 0 Å². The Hall–Kier alpha value is -3.09. The number of fused-ring (bicyclic) bond motifs is 1. The van der Waals surface area contributed by atoms with Crippen molar-refractivity contribution >= 4 is 40.0 Å². The first-order valence-corrected chi connectivity index (χ1v) is 10.00. The molecule has 1 amide bonds. The van der Waals surface area contributed by atoms with Gasteiger partial charge in [0.2, 0.25) is 0 Å². The fourth-order valence-corrected chi connectivity index (χ4v) is 4.11.